The fourth-order valence-electron chi connectivity index (χ4n) is 2.18. The van der Waals surface area contributed by atoms with Gasteiger partial charge in [0.15, 0.2) is 0 Å². The molecule has 0 bridgehead atoms. The van der Waals surface area contributed by atoms with Crippen LogP contribution in [-0.4, -0.2) is 12.6 Å². The number of hydrogen-bond donors (Lipinski definition) is 1. The highest BCUT2D eigenvalue weighted by molar-refractivity contribution is 5.20. The minimum atomic E-state index is 0.608. The minimum Gasteiger partial charge on any atom is -0.464 e. The second-order valence-electron chi connectivity index (χ2n) is 5.56. The summed E-state index contributed by atoms with van der Waals surface area (Å²) in [6.07, 6.45) is 7.65. The van der Waals surface area contributed by atoms with E-state index in [1.54, 1.807) is 0 Å². The Morgan fingerprint density at radius 1 is 1.32 bits per heavy atom. The van der Waals surface area contributed by atoms with Gasteiger partial charge in [-0.25, -0.2) is 0 Å². The van der Waals surface area contributed by atoms with Gasteiger partial charge in [-0.3, -0.25) is 0 Å². The molecule has 108 valence electrons. The summed E-state index contributed by atoms with van der Waals surface area (Å²) >= 11 is 0. The smallest absolute Gasteiger partial charge is 0.130 e. The minimum absolute atomic E-state index is 0.608. The number of hydrogen-bond acceptors (Lipinski definition) is 3. The summed E-state index contributed by atoms with van der Waals surface area (Å²) in [7, 11) is 0. The maximum atomic E-state index is 5.73. The molecular weight excluding hydrogens is 238 g/mol. The zero-order valence-corrected chi connectivity index (χ0v) is 12.3. The van der Waals surface area contributed by atoms with Crippen LogP contribution in [0.4, 0.5) is 0 Å². The molecule has 0 amide bonds. The van der Waals surface area contributed by atoms with E-state index in [9.17, 15) is 0 Å². The second-order valence-corrected chi connectivity index (χ2v) is 5.56. The zero-order valence-electron chi connectivity index (χ0n) is 12.3. The first-order valence-electron chi connectivity index (χ1n) is 7.69. The van der Waals surface area contributed by atoms with Gasteiger partial charge in [0.25, 0.3) is 0 Å². The van der Waals surface area contributed by atoms with Crippen molar-refractivity contribution in [3.8, 4) is 0 Å². The largest absolute Gasteiger partial charge is 0.464 e. The predicted molar refractivity (Wildman–Crippen MR) is 77.1 cm³/mol. The lowest BCUT2D eigenvalue weighted by atomic mass is 10.2. The molecule has 0 atom stereocenters. The fourth-order valence-corrected chi connectivity index (χ4v) is 2.18. The van der Waals surface area contributed by atoms with Crippen molar-refractivity contribution < 1.29 is 9.15 Å². The van der Waals surface area contributed by atoms with Crippen molar-refractivity contribution >= 4 is 0 Å². The van der Waals surface area contributed by atoms with Crippen LogP contribution in [0, 0.1) is 6.92 Å². The standard InChI is InChI=1S/C16H27NO2/c1-3-4-5-6-9-18-12-16-10-14(13(2)19-16)11-17-15-7-8-15/h10,15,17H,3-9,11-12H2,1-2H3. The molecule has 1 N–H and O–H groups in total. The van der Waals surface area contributed by atoms with Crippen molar-refractivity contribution in [3.63, 3.8) is 0 Å². The van der Waals surface area contributed by atoms with Crippen molar-refractivity contribution in [1.29, 1.82) is 0 Å². The summed E-state index contributed by atoms with van der Waals surface area (Å²) in [6.45, 7) is 6.64. The average Bonchev–Trinajstić information content (AvgIpc) is 3.16. The van der Waals surface area contributed by atoms with Gasteiger partial charge < -0.3 is 14.5 Å². The van der Waals surface area contributed by atoms with E-state index in [1.807, 2.05) is 6.92 Å². The molecule has 0 radical (unpaired) electrons. The van der Waals surface area contributed by atoms with Crippen molar-refractivity contribution in [2.45, 2.75) is 71.6 Å². The Hall–Kier alpha value is -0.800. The lowest BCUT2D eigenvalue weighted by molar-refractivity contribution is 0.102. The predicted octanol–water partition coefficient (Wildman–Crippen LogP) is 3.94. The van der Waals surface area contributed by atoms with Gasteiger partial charge in [-0.15, -0.1) is 0 Å². The third-order valence-electron chi connectivity index (χ3n) is 3.62. The molecule has 0 unspecified atom stereocenters. The Bertz CT molecular complexity index is 369. The van der Waals surface area contributed by atoms with Gasteiger partial charge in [0.1, 0.15) is 18.1 Å². The van der Waals surface area contributed by atoms with Crippen molar-refractivity contribution in [2.75, 3.05) is 6.61 Å². The second kappa shape index (κ2) is 7.71. The van der Waals surface area contributed by atoms with Gasteiger partial charge in [0.05, 0.1) is 0 Å². The third kappa shape index (κ3) is 5.37. The van der Waals surface area contributed by atoms with E-state index in [4.69, 9.17) is 9.15 Å². The van der Waals surface area contributed by atoms with Gasteiger partial charge in [0.2, 0.25) is 0 Å². The Kier molecular flexibility index (Phi) is 5.93. The maximum Gasteiger partial charge on any atom is 0.130 e. The quantitative estimate of drug-likeness (QED) is 0.651. The van der Waals surface area contributed by atoms with E-state index in [0.29, 0.717) is 6.61 Å². The summed E-state index contributed by atoms with van der Waals surface area (Å²) in [6, 6.07) is 2.88. The summed E-state index contributed by atoms with van der Waals surface area (Å²) in [5.74, 6) is 1.98. The van der Waals surface area contributed by atoms with E-state index in [0.717, 1.165) is 37.1 Å². The van der Waals surface area contributed by atoms with Crippen LogP contribution in [0.5, 0.6) is 0 Å². The SMILES string of the molecule is CCCCCCOCc1cc(CNC2CC2)c(C)o1. The monoisotopic (exact) mass is 265 g/mol. The van der Waals surface area contributed by atoms with Gasteiger partial charge in [-0.2, -0.15) is 0 Å². The number of aryl methyl sites for hydroxylation is 1. The molecule has 3 nitrogen and oxygen atoms in total. The molecule has 3 heteroatoms. The number of furan rings is 1. The van der Waals surface area contributed by atoms with Crippen LogP contribution in [0.2, 0.25) is 0 Å². The molecule has 0 aliphatic heterocycles. The van der Waals surface area contributed by atoms with Crippen molar-refractivity contribution in [3.05, 3.63) is 23.2 Å². The normalized spacial score (nSPS) is 15.1. The van der Waals surface area contributed by atoms with E-state index >= 15 is 0 Å². The van der Waals surface area contributed by atoms with Crippen LogP contribution in [-0.2, 0) is 17.9 Å². The van der Waals surface area contributed by atoms with Crippen LogP contribution in [0.15, 0.2) is 10.5 Å². The van der Waals surface area contributed by atoms with Gasteiger partial charge in [0, 0.05) is 24.8 Å². The summed E-state index contributed by atoms with van der Waals surface area (Å²) in [5, 5.41) is 3.52. The average molecular weight is 265 g/mol. The van der Waals surface area contributed by atoms with Crippen LogP contribution in [0.1, 0.15) is 62.5 Å². The van der Waals surface area contributed by atoms with E-state index in [1.165, 1.54) is 37.7 Å². The fraction of sp³-hybridized carbons (Fsp3) is 0.750. The van der Waals surface area contributed by atoms with Crippen molar-refractivity contribution in [2.24, 2.45) is 0 Å². The highest BCUT2D eigenvalue weighted by Gasteiger charge is 2.20. The zero-order chi connectivity index (χ0) is 13.5. The molecule has 19 heavy (non-hydrogen) atoms. The molecular formula is C16H27NO2. The van der Waals surface area contributed by atoms with E-state index in [-0.39, 0.29) is 0 Å². The topological polar surface area (TPSA) is 34.4 Å². The lowest BCUT2D eigenvalue weighted by Gasteiger charge is -2.01. The van der Waals surface area contributed by atoms with Gasteiger partial charge in [-0.05, 0) is 32.3 Å². The molecule has 1 aliphatic carbocycles. The van der Waals surface area contributed by atoms with Crippen LogP contribution in [0.25, 0.3) is 0 Å². The van der Waals surface area contributed by atoms with E-state index < -0.39 is 0 Å². The highest BCUT2D eigenvalue weighted by atomic mass is 16.5. The van der Waals surface area contributed by atoms with Crippen LogP contribution in [0.3, 0.4) is 0 Å². The Labute approximate surface area is 116 Å². The van der Waals surface area contributed by atoms with Gasteiger partial charge in [-0.1, -0.05) is 26.2 Å². The van der Waals surface area contributed by atoms with Crippen LogP contribution >= 0.6 is 0 Å². The maximum absolute atomic E-state index is 5.73. The number of nitrogens with one attached hydrogen (secondary N) is 1. The molecule has 0 saturated heterocycles. The number of unbranched alkanes of at least 4 members (excludes halogenated alkanes) is 3. The third-order valence-corrected chi connectivity index (χ3v) is 3.62. The molecule has 1 aromatic heterocycles. The molecule has 1 fully saturated rings. The molecule has 1 aromatic rings. The van der Waals surface area contributed by atoms with Crippen LogP contribution < -0.4 is 5.32 Å². The molecule has 0 aromatic carbocycles. The first-order chi connectivity index (χ1) is 9.29. The summed E-state index contributed by atoms with van der Waals surface area (Å²) in [5.41, 5.74) is 1.27. The van der Waals surface area contributed by atoms with Gasteiger partial charge >= 0.3 is 0 Å². The summed E-state index contributed by atoms with van der Waals surface area (Å²) in [4.78, 5) is 0. The molecule has 1 heterocycles. The molecule has 2 rings (SSSR count). The Morgan fingerprint density at radius 2 is 2.16 bits per heavy atom. The summed E-state index contributed by atoms with van der Waals surface area (Å²) < 4.78 is 11.4. The number of rotatable bonds is 10. The highest BCUT2D eigenvalue weighted by Crippen LogP contribution is 2.21. The first kappa shape index (κ1) is 14.6. The molecule has 1 aliphatic rings. The van der Waals surface area contributed by atoms with E-state index in [2.05, 4.69) is 18.3 Å². The number of ether oxygens (including phenoxy) is 1. The molecule has 0 spiro atoms. The Balaban J connectivity index is 1.64. The first-order valence-corrected chi connectivity index (χ1v) is 7.69. The van der Waals surface area contributed by atoms with Crippen molar-refractivity contribution in [1.82, 2.24) is 5.32 Å². The Morgan fingerprint density at radius 3 is 2.89 bits per heavy atom. The lowest BCUT2D eigenvalue weighted by Crippen LogP contribution is -2.15. The molecule has 1 saturated carbocycles.